The molecule has 1 aliphatic rings. The summed E-state index contributed by atoms with van der Waals surface area (Å²) in [5, 5.41) is 3.07. The minimum atomic E-state index is -0.232. The van der Waals surface area contributed by atoms with Crippen LogP contribution in [0.3, 0.4) is 0 Å². The van der Waals surface area contributed by atoms with Crippen molar-refractivity contribution in [2.75, 3.05) is 48.2 Å². The molecule has 0 aromatic heterocycles. The Morgan fingerprint density at radius 3 is 2.12 bits per heavy atom. The standard InChI is InChI=1S/C25H31NO6/c1-28-20-8-5-18(15-22(20)30-3)6-10-24(27)26-17-25(11-13-32-14-12-25)19-7-9-21(29-2)23(16-19)31-4/h5-10,15-16H,11-14,17H2,1-4H3,(H,26,27)/b10-6-. The zero-order chi connectivity index (χ0) is 23.0. The van der Waals surface area contributed by atoms with Gasteiger partial charge in [-0.1, -0.05) is 12.1 Å². The molecule has 2 aromatic carbocycles. The van der Waals surface area contributed by atoms with Crippen LogP contribution in [0, 0.1) is 0 Å². The first-order chi connectivity index (χ1) is 15.5. The third kappa shape index (κ3) is 5.34. The van der Waals surface area contributed by atoms with E-state index in [1.165, 1.54) is 6.08 Å². The summed E-state index contributed by atoms with van der Waals surface area (Å²) in [6.45, 7) is 1.79. The van der Waals surface area contributed by atoms with Crippen LogP contribution in [0.4, 0.5) is 0 Å². The zero-order valence-corrected chi connectivity index (χ0v) is 19.1. The van der Waals surface area contributed by atoms with E-state index in [9.17, 15) is 4.79 Å². The van der Waals surface area contributed by atoms with E-state index >= 15 is 0 Å². The molecule has 0 bridgehead atoms. The highest BCUT2D eigenvalue weighted by Gasteiger charge is 2.35. The van der Waals surface area contributed by atoms with Crippen LogP contribution in [-0.4, -0.2) is 54.1 Å². The average molecular weight is 442 g/mol. The summed E-state index contributed by atoms with van der Waals surface area (Å²) < 4.78 is 27.0. The molecule has 1 heterocycles. The molecule has 1 amide bonds. The smallest absolute Gasteiger partial charge is 0.244 e. The van der Waals surface area contributed by atoms with Gasteiger partial charge in [0.1, 0.15) is 0 Å². The SMILES string of the molecule is COc1ccc(/C=C\C(=O)NCC2(c3ccc(OC)c(OC)c3)CCOCC2)cc1OC. The number of amides is 1. The van der Waals surface area contributed by atoms with Crippen molar-refractivity contribution in [1.82, 2.24) is 5.32 Å². The number of carbonyl (C=O) groups excluding carboxylic acids is 1. The van der Waals surface area contributed by atoms with Crippen LogP contribution in [0.25, 0.3) is 6.08 Å². The molecule has 0 atom stereocenters. The fourth-order valence-electron chi connectivity index (χ4n) is 3.94. The fraction of sp³-hybridized carbons (Fsp3) is 0.400. The van der Waals surface area contributed by atoms with Crippen LogP contribution < -0.4 is 24.3 Å². The zero-order valence-electron chi connectivity index (χ0n) is 19.1. The van der Waals surface area contributed by atoms with E-state index in [0.29, 0.717) is 42.8 Å². The number of rotatable bonds is 9. The van der Waals surface area contributed by atoms with E-state index < -0.39 is 0 Å². The van der Waals surface area contributed by atoms with Crippen molar-refractivity contribution < 1.29 is 28.5 Å². The molecule has 1 saturated heterocycles. The topological polar surface area (TPSA) is 75.3 Å². The number of hydrogen-bond donors (Lipinski definition) is 1. The lowest BCUT2D eigenvalue weighted by atomic mass is 9.74. The molecule has 0 saturated carbocycles. The maximum atomic E-state index is 12.6. The van der Waals surface area contributed by atoms with E-state index in [0.717, 1.165) is 24.0 Å². The van der Waals surface area contributed by atoms with Gasteiger partial charge in [-0.15, -0.1) is 0 Å². The van der Waals surface area contributed by atoms with Gasteiger partial charge in [-0.2, -0.15) is 0 Å². The van der Waals surface area contributed by atoms with Crippen molar-refractivity contribution >= 4 is 12.0 Å². The number of nitrogens with one attached hydrogen (secondary N) is 1. The van der Waals surface area contributed by atoms with Gasteiger partial charge < -0.3 is 29.0 Å². The van der Waals surface area contributed by atoms with Crippen LogP contribution in [0.1, 0.15) is 24.0 Å². The van der Waals surface area contributed by atoms with E-state index in [1.54, 1.807) is 34.5 Å². The molecule has 2 aromatic rings. The lowest BCUT2D eigenvalue weighted by Gasteiger charge is -2.38. The van der Waals surface area contributed by atoms with E-state index in [-0.39, 0.29) is 11.3 Å². The van der Waals surface area contributed by atoms with Crippen molar-refractivity contribution in [3.8, 4) is 23.0 Å². The second-order valence-electron chi connectivity index (χ2n) is 7.63. The van der Waals surface area contributed by atoms with Gasteiger partial charge in [0.15, 0.2) is 23.0 Å². The van der Waals surface area contributed by atoms with Crippen LogP contribution >= 0.6 is 0 Å². The van der Waals surface area contributed by atoms with E-state index in [4.69, 9.17) is 23.7 Å². The summed E-state index contributed by atoms with van der Waals surface area (Å²) in [6, 6.07) is 11.4. The molecule has 1 fully saturated rings. The Morgan fingerprint density at radius 1 is 0.906 bits per heavy atom. The van der Waals surface area contributed by atoms with Crippen molar-refractivity contribution in [1.29, 1.82) is 0 Å². The van der Waals surface area contributed by atoms with Crippen LogP contribution in [-0.2, 0) is 14.9 Å². The van der Waals surface area contributed by atoms with Gasteiger partial charge in [0.05, 0.1) is 28.4 Å². The molecule has 3 rings (SSSR count). The van der Waals surface area contributed by atoms with Gasteiger partial charge in [-0.25, -0.2) is 0 Å². The van der Waals surface area contributed by atoms with Crippen molar-refractivity contribution in [3.63, 3.8) is 0 Å². The van der Waals surface area contributed by atoms with E-state index in [2.05, 4.69) is 5.32 Å². The monoisotopic (exact) mass is 441 g/mol. The van der Waals surface area contributed by atoms with Gasteiger partial charge in [0.25, 0.3) is 0 Å². The number of carbonyl (C=O) groups is 1. The van der Waals surface area contributed by atoms with Crippen molar-refractivity contribution in [2.24, 2.45) is 0 Å². The van der Waals surface area contributed by atoms with E-state index in [1.807, 2.05) is 36.4 Å². The first-order valence-electron chi connectivity index (χ1n) is 10.5. The summed E-state index contributed by atoms with van der Waals surface area (Å²) in [6.07, 6.45) is 4.90. The number of methoxy groups -OCH3 is 4. The van der Waals surface area contributed by atoms with Crippen LogP contribution in [0.2, 0.25) is 0 Å². The molecule has 7 heteroatoms. The van der Waals surface area contributed by atoms with Gasteiger partial charge in [0, 0.05) is 31.2 Å². The highest BCUT2D eigenvalue weighted by molar-refractivity contribution is 5.91. The summed E-state index contributed by atoms with van der Waals surface area (Å²) in [5.41, 5.74) is 1.71. The van der Waals surface area contributed by atoms with Gasteiger partial charge in [-0.05, 0) is 54.3 Å². The molecule has 32 heavy (non-hydrogen) atoms. The molecule has 1 aliphatic heterocycles. The second-order valence-corrected chi connectivity index (χ2v) is 7.63. The Morgan fingerprint density at radius 2 is 1.50 bits per heavy atom. The largest absolute Gasteiger partial charge is 0.493 e. The van der Waals surface area contributed by atoms with Crippen LogP contribution in [0.5, 0.6) is 23.0 Å². The molecule has 0 unspecified atom stereocenters. The number of benzene rings is 2. The number of hydrogen-bond acceptors (Lipinski definition) is 6. The van der Waals surface area contributed by atoms with Gasteiger partial charge >= 0.3 is 0 Å². The molecule has 7 nitrogen and oxygen atoms in total. The Bertz CT molecular complexity index is 949. The number of ether oxygens (including phenoxy) is 5. The quantitative estimate of drug-likeness (QED) is 0.600. The maximum Gasteiger partial charge on any atom is 0.244 e. The molecule has 172 valence electrons. The van der Waals surface area contributed by atoms with Crippen molar-refractivity contribution in [3.05, 3.63) is 53.6 Å². The predicted octanol–water partition coefficient (Wildman–Crippen LogP) is 3.60. The van der Waals surface area contributed by atoms with Gasteiger partial charge in [-0.3, -0.25) is 4.79 Å². The first-order valence-corrected chi connectivity index (χ1v) is 10.5. The first kappa shape index (κ1) is 23.5. The molecule has 1 N–H and O–H groups in total. The Hall–Kier alpha value is -3.19. The lowest BCUT2D eigenvalue weighted by molar-refractivity contribution is -0.116. The summed E-state index contributed by atoms with van der Waals surface area (Å²) in [7, 11) is 6.41. The highest BCUT2D eigenvalue weighted by atomic mass is 16.5. The van der Waals surface area contributed by atoms with Crippen LogP contribution in [0.15, 0.2) is 42.5 Å². The second kappa shape index (κ2) is 10.9. The molecule has 0 radical (unpaired) electrons. The third-order valence-electron chi connectivity index (χ3n) is 5.88. The highest BCUT2D eigenvalue weighted by Crippen LogP contribution is 2.39. The molecular weight excluding hydrogens is 410 g/mol. The lowest BCUT2D eigenvalue weighted by Crippen LogP contribution is -2.44. The Balaban J connectivity index is 1.73. The molecule has 0 spiro atoms. The minimum absolute atomic E-state index is 0.161. The average Bonchev–Trinajstić information content (AvgIpc) is 2.86. The Kier molecular flexibility index (Phi) is 8.00. The Labute approximate surface area is 189 Å². The summed E-state index contributed by atoms with van der Waals surface area (Å²) >= 11 is 0. The third-order valence-corrected chi connectivity index (χ3v) is 5.88. The minimum Gasteiger partial charge on any atom is -0.493 e. The maximum absolute atomic E-state index is 12.6. The molecule has 0 aliphatic carbocycles. The predicted molar refractivity (Wildman–Crippen MR) is 123 cm³/mol. The fourth-order valence-corrected chi connectivity index (χ4v) is 3.94. The van der Waals surface area contributed by atoms with Gasteiger partial charge in [0.2, 0.25) is 5.91 Å². The summed E-state index contributed by atoms with van der Waals surface area (Å²) in [4.78, 5) is 12.6. The summed E-state index contributed by atoms with van der Waals surface area (Å²) in [5.74, 6) is 2.46. The molecular formula is C25H31NO6. The van der Waals surface area contributed by atoms with Crippen molar-refractivity contribution in [2.45, 2.75) is 18.3 Å². The normalized spacial score (nSPS) is 15.2.